The highest BCUT2D eigenvalue weighted by molar-refractivity contribution is 7.18. The summed E-state index contributed by atoms with van der Waals surface area (Å²) in [5.74, 6) is 0. The molecule has 5 nitrogen and oxygen atoms in total. The lowest BCUT2D eigenvalue weighted by Gasteiger charge is -2.44. The highest BCUT2D eigenvalue weighted by Crippen LogP contribution is 2.39. The SMILES string of the molecule is C\C=C(C(/C(C)=N/C=C/CC)=C(/C)N1CCN(C(=O)OC2(C)CCC2)C(C)C1)\C(F)(F)P. The van der Waals surface area contributed by atoms with Crippen molar-refractivity contribution in [2.75, 3.05) is 19.6 Å². The van der Waals surface area contributed by atoms with Gasteiger partial charge in [0.1, 0.15) is 5.60 Å². The number of carbonyl (C=O) groups is 1. The molecule has 2 fully saturated rings. The van der Waals surface area contributed by atoms with Gasteiger partial charge in [0.15, 0.2) is 0 Å². The van der Waals surface area contributed by atoms with Crippen LogP contribution in [0.25, 0.3) is 0 Å². The molecule has 1 heterocycles. The minimum absolute atomic E-state index is 0.0708. The van der Waals surface area contributed by atoms with Crippen LogP contribution in [0.3, 0.4) is 0 Å². The molecule has 180 valence electrons. The van der Waals surface area contributed by atoms with E-state index in [2.05, 4.69) is 9.89 Å². The van der Waals surface area contributed by atoms with Gasteiger partial charge < -0.3 is 14.5 Å². The quantitative estimate of drug-likeness (QED) is 0.255. The van der Waals surface area contributed by atoms with Crippen LogP contribution in [0.1, 0.15) is 67.2 Å². The van der Waals surface area contributed by atoms with E-state index in [1.807, 2.05) is 33.8 Å². The summed E-state index contributed by atoms with van der Waals surface area (Å²) in [7, 11) is 1.64. The number of carbonyl (C=O) groups excluding carboxylic acids is 1. The summed E-state index contributed by atoms with van der Waals surface area (Å²) in [5, 5.41) is 0. The van der Waals surface area contributed by atoms with Gasteiger partial charge in [-0.25, -0.2) is 4.79 Å². The number of ether oxygens (including phenoxy) is 1. The van der Waals surface area contributed by atoms with E-state index in [0.29, 0.717) is 30.9 Å². The van der Waals surface area contributed by atoms with E-state index in [-0.39, 0.29) is 23.3 Å². The number of amides is 1. The molecule has 1 amide bonds. The highest BCUT2D eigenvalue weighted by Gasteiger charge is 2.39. The molecule has 0 N–H and O–H groups in total. The standard InChI is InChI=1S/C24H38F2N3O2P/c1-7-9-13-27-18(4)21(20(8-2)24(25,26)32)19(5)28-14-15-29(17(3)16-28)22(30)31-23(6)11-10-12-23/h8-9,13,17H,7,10-12,14-16,32H2,1-6H3/b13-9+,20-8+,21-19-,27-18+. The predicted molar refractivity (Wildman–Crippen MR) is 130 cm³/mol. The van der Waals surface area contributed by atoms with E-state index < -0.39 is 5.66 Å². The molecule has 0 aromatic heterocycles. The first-order valence-electron chi connectivity index (χ1n) is 11.4. The molecule has 0 spiro atoms. The molecule has 1 aliphatic carbocycles. The number of nitrogens with zero attached hydrogens (tertiary/aromatic N) is 3. The predicted octanol–water partition coefficient (Wildman–Crippen LogP) is 6.14. The largest absolute Gasteiger partial charge is 0.443 e. The molecule has 2 aliphatic rings. The normalized spacial score (nSPS) is 23.2. The van der Waals surface area contributed by atoms with Crippen LogP contribution in [0.2, 0.25) is 0 Å². The molecule has 32 heavy (non-hydrogen) atoms. The maximum absolute atomic E-state index is 14.5. The highest BCUT2D eigenvalue weighted by atomic mass is 31.0. The van der Waals surface area contributed by atoms with E-state index in [4.69, 9.17) is 4.74 Å². The van der Waals surface area contributed by atoms with Gasteiger partial charge in [-0.15, -0.1) is 0 Å². The van der Waals surface area contributed by atoms with Crippen LogP contribution in [-0.2, 0) is 4.74 Å². The fourth-order valence-electron chi connectivity index (χ4n) is 4.23. The second kappa shape index (κ2) is 10.9. The van der Waals surface area contributed by atoms with Gasteiger partial charge in [0, 0.05) is 54.4 Å². The van der Waals surface area contributed by atoms with Gasteiger partial charge >= 0.3 is 6.09 Å². The van der Waals surface area contributed by atoms with Gasteiger partial charge in [-0.1, -0.05) is 28.3 Å². The smallest absolute Gasteiger partial charge is 0.410 e. The van der Waals surface area contributed by atoms with Gasteiger partial charge in [0.25, 0.3) is 5.66 Å². The number of hydrogen-bond acceptors (Lipinski definition) is 4. The maximum atomic E-state index is 14.5. The Balaban J connectivity index is 2.29. The fourth-order valence-corrected chi connectivity index (χ4v) is 4.54. The summed E-state index contributed by atoms with van der Waals surface area (Å²) in [4.78, 5) is 20.9. The van der Waals surface area contributed by atoms with Crippen molar-refractivity contribution in [1.82, 2.24) is 9.80 Å². The van der Waals surface area contributed by atoms with E-state index in [9.17, 15) is 13.6 Å². The van der Waals surface area contributed by atoms with Crippen LogP contribution in [0.15, 0.2) is 40.2 Å². The lowest BCUT2D eigenvalue weighted by molar-refractivity contribution is -0.0563. The lowest BCUT2D eigenvalue weighted by Crippen LogP contribution is -2.55. The van der Waals surface area contributed by atoms with E-state index in [0.717, 1.165) is 31.4 Å². The van der Waals surface area contributed by atoms with Crippen molar-refractivity contribution in [3.05, 3.63) is 35.2 Å². The number of halogens is 2. The molecular weight excluding hydrogens is 431 g/mol. The average molecular weight is 470 g/mol. The first-order chi connectivity index (χ1) is 14.9. The Kier molecular flexibility index (Phi) is 9.04. The number of alkyl halides is 2. The Bertz CT molecular complexity index is 811. The molecule has 1 saturated carbocycles. The molecule has 1 aliphatic heterocycles. The molecule has 0 aromatic rings. The average Bonchev–Trinajstić information content (AvgIpc) is 2.69. The van der Waals surface area contributed by atoms with Crippen molar-refractivity contribution in [3.8, 4) is 0 Å². The number of hydrogen-bond donors (Lipinski definition) is 0. The van der Waals surface area contributed by atoms with Crippen molar-refractivity contribution < 1.29 is 18.3 Å². The van der Waals surface area contributed by atoms with Gasteiger partial charge in [-0.3, -0.25) is 4.99 Å². The minimum Gasteiger partial charge on any atom is -0.443 e. The molecular formula is C24H38F2N3O2P. The number of allylic oxidation sites excluding steroid dienone is 5. The maximum Gasteiger partial charge on any atom is 0.410 e. The molecule has 2 rings (SSSR count). The van der Waals surface area contributed by atoms with E-state index in [1.54, 1.807) is 34.2 Å². The zero-order valence-electron chi connectivity index (χ0n) is 20.3. The minimum atomic E-state index is -3.08. The summed E-state index contributed by atoms with van der Waals surface area (Å²) >= 11 is 0. The zero-order valence-corrected chi connectivity index (χ0v) is 21.4. The van der Waals surface area contributed by atoms with E-state index >= 15 is 0 Å². The summed E-state index contributed by atoms with van der Waals surface area (Å²) in [6.45, 7) is 12.7. The first kappa shape index (κ1) is 26.5. The summed E-state index contributed by atoms with van der Waals surface area (Å²) in [5.41, 5.74) is -1.78. The Morgan fingerprint density at radius 1 is 1.31 bits per heavy atom. The van der Waals surface area contributed by atoms with Crippen molar-refractivity contribution in [2.45, 2.75) is 84.5 Å². The van der Waals surface area contributed by atoms with Crippen LogP contribution >= 0.6 is 9.24 Å². The van der Waals surface area contributed by atoms with Crippen molar-refractivity contribution in [2.24, 2.45) is 4.99 Å². The molecule has 0 radical (unpaired) electrons. The second-order valence-electron chi connectivity index (χ2n) is 8.95. The van der Waals surface area contributed by atoms with Crippen LogP contribution in [-0.4, -0.2) is 58.5 Å². The van der Waals surface area contributed by atoms with Crippen molar-refractivity contribution in [1.29, 1.82) is 0 Å². The molecule has 0 bridgehead atoms. The summed E-state index contributed by atoms with van der Waals surface area (Å²) < 4.78 is 34.6. The van der Waals surface area contributed by atoms with E-state index in [1.165, 1.54) is 6.08 Å². The third-order valence-electron chi connectivity index (χ3n) is 6.33. The molecule has 0 aromatic carbocycles. The van der Waals surface area contributed by atoms with Crippen molar-refractivity contribution in [3.63, 3.8) is 0 Å². The van der Waals surface area contributed by atoms with Crippen LogP contribution in [0, 0.1) is 0 Å². The third kappa shape index (κ3) is 6.40. The van der Waals surface area contributed by atoms with Crippen LogP contribution < -0.4 is 0 Å². The summed E-state index contributed by atoms with van der Waals surface area (Å²) in [6.07, 6.45) is 8.42. The monoisotopic (exact) mass is 469 g/mol. The molecule has 2 unspecified atom stereocenters. The lowest BCUT2D eigenvalue weighted by atomic mass is 9.82. The van der Waals surface area contributed by atoms with Gasteiger partial charge in [0.05, 0.1) is 0 Å². The Morgan fingerprint density at radius 3 is 2.44 bits per heavy atom. The Morgan fingerprint density at radius 2 is 1.97 bits per heavy atom. The molecule has 1 saturated heterocycles. The number of aliphatic imine (C=N–C) groups is 1. The second-order valence-corrected chi connectivity index (χ2v) is 9.68. The number of rotatable bonds is 7. The Labute approximate surface area is 193 Å². The van der Waals surface area contributed by atoms with Gasteiger partial charge in [-0.05, 0) is 60.3 Å². The topological polar surface area (TPSA) is 45.1 Å². The number of piperazine rings is 1. The molecule has 2 atom stereocenters. The molecule has 8 heteroatoms. The van der Waals surface area contributed by atoms with Gasteiger partial charge in [0.2, 0.25) is 0 Å². The first-order valence-corrected chi connectivity index (χ1v) is 12.0. The fraction of sp³-hybridized carbons (Fsp3) is 0.667. The Hall–Kier alpha value is -1.75. The third-order valence-corrected chi connectivity index (χ3v) is 6.64. The van der Waals surface area contributed by atoms with Gasteiger partial charge in [-0.2, -0.15) is 8.78 Å². The zero-order chi connectivity index (χ0) is 24.1. The summed E-state index contributed by atoms with van der Waals surface area (Å²) in [6, 6.07) is -0.0982. The van der Waals surface area contributed by atoms with Crippen molar-refractivity contribution >= 4 is 21.0 Å². The van der Waals surface area contributed by atoms with Crippen LogP contribution in [0.5, 0.6) is 0 Å². The van der Waals surface area contributed by atoms with Crippen LogP contribution in [0.4, 0.5) is 13.6 Å².